The van der Waals surface area contributed by atoms with Crippen LogP contribution in [0.25, 0.3) is 0 Å². The van der Waals surface area contributed by atoms with Gasteiger partial charge in [-0.3, -0.25) is 9.59 Å². The first-order chi connectivity index (χ1) is 12.1. The Morgan fingerprint density at radius 3 is 1.80 bits per heavy atom. The Balaban J connectivity index is 1.51. The second kappa shape index (κ2) is 7.82. The Morgan fingerprint density at radius 1 is 0.840 bits per heavy atom. The highest BCUT2D eigenvalue weighted by Crippen LogP contribution is 2.17. The first-order valence-electron chi connectivity index (χ1n) is 8.89. The molecule has 0 bridgehead atoms. The molecule has 25 heavy (non-hydrogen) atoms. The fraction of sp³-hybridized carbons (Fsp3) is 0.556. The summed E-state index contributed by atoms with van der Waals surface area (Å²) in [4.78, 5) is 32.6. The van der Waals surface area contributed by atoms with Crippen LogP contribution in [0, 0.1) is 5.82 Å². The van der Waals surface area contributed by atoms with Gasteiger partial charge in [0.15, 0.2) is 0 Å². The van der Waals surface area contributed by atoms with Crippen LogP contribution in [-0.4, -0.2) is 85.4 Å². The van der Waals surface area contributed by atoms with Gasteiger partial charge in [0.05, 0.1) is 0 Å². The summed E-state index contributed by atoms with van der Waals surface area (Å²) in [5, 5.41) is 0. The lowest BCUT2D eigenvalue weighted by Gasteiger charge is -2.38. The maximum Gasteiger partial charge on any atom is 0.312 e. The van der Waals surface area contributed by atoms with E-state index in [2.05, 4.69) is 16.7 Å². The van der Waals surface area contributed by atoms with E-state index in [9.17, 15) is 14.0 Å². The minimum Gasteiger partial charge on any atom is -0.368 e. The van der Waals surface area contributed by atoms with Gasteiger partial charge < -0.3 is 19.6 Å². The first kappa shape index (κ1) is 17.7. The molecule has 1 aromatic rings. The average molecular weight is 348 g/mol. The zero-order valence-corrected chi connectivity index (χ0v) is 14.7. The molecular formula is C18H25FN4O2. The molecule has 3 rings (SSSR count). The quantitative estimate of drug-likeness (QED) is 0.736. The van der Waals surface area contributed by atoms with Gasteiger partial charge >= 0.3 is 11.8 Å². The summed E-state index contributed by atoms with van der Waals surface area (Å²) in [5.41, 5.74) is 0.940. The molecule has 2 aliphatic heterocycles. The lowest BCUT2D eigenvalue weighted by molar-refractivity contribution is -0.153. The fourth-order valence-corrected chi connectivity index (χ4v) is 3.36. The van der Waals surface area contributed by atoms with Crippen LogP contribution in [-0.2, 0) is 9.59 Å². The number of likely N-dealkylation sites (N-methyl/N-ethyl adjacent to an activating group) is 1. The third kappa shape index (κ3) is 4.10. The van der Waals surface area contributed by atoms with Crippen LogP contribution >= 0.6 is 0 Å². The van der Waals surface area contributed by atoms with Crippen molar-refractivity contribution in [3.05, 3.63) is 30.1 Å². The summed E-state index contributed by atoms with van der Waals surface area (Å²) < 4.78 is 13.0. The van der Waals surface area contributed by atoms with E-state index in [0.29, 0.717) is 39.3 Å². The molecule has 0 N–H and O–H groups in total. The van der Waals surface area contributed by atoms with Crippen LogP contribution in [0.2, 0.25) is 0 Å². The molecule has 0 saturated carbocycles. The highest BCUT2D eigenvalue weighted by Gasteiger charge is 2.31. The van der Waals surface area contributed by atoms with E-state index in [1.807, 2.05) is 0 Å². The van der Waals surface area contributed by atoms with Crippen molar-refractivity contribution in [2.45, 2.75) is 6.92 Å². The number of carbonyl (C=O) groups excluding carboxylic acids is 2. The van der Waals surface area contributed by atoms with E-state index in [1.54, 1.807) is 21.9 Å². The Labute approximate surface area is 147 Å². The van der Waals surface area contributed by atoms with Crippen molar-refractivity contribution in [2.75, 3.05) is 63.8 Å². The van der Waals surface area contributed by atoms with Gasteiger partial charge in [-0.2, -0.15) is 0 Å². The highest BCUT2D eigenvalue weighted by atomic mass is 19.1. The Hall–Kier alpha value is -2.15. The van der Waals surface area contributed by atoms with Gasteiger partial charge in [0.1, 0.15) is 5.82 Å². The predicted molar refractivity (Wildman–Crippen MR) is 93.9 cm³/mol. The number of rotatable bonds is 2. The minimum absolute atomic E-state index is 0.258. The molecule has 0 atom stereocenters. The fourth-order valence-electron chi connectivity index (χ4n) is 3.36. The number of nitrogens with zero attached hydrogens (tertiary/aromatic N) is 4. The predicted octanol–water partition coefficient (Wildman–Crippen LogP) is 0.638. The smallest absolute Gasteiger partial charge is 0.312 e. The summed E-state index contributed by atoms with van der Waals surface area (Å²) in [6, 6.07) is 6.36. The van der Waals surface area contributed by atoms with Crippen molar-refractivity contribution >= 4 is 17.5 Å². The van der Waals surface area contributed by atoms with Crippen LogP contribution < -0.4 is 4.90 Å². The zero-order chi connectivity index (χ0) is 17.8. The van der Waals surface area contributed by atoms with Crippen molar-refractivity contribution in [1.29, 1.82) is 0 Å². The van der Waals surface area contributed by atoms with Crippen LogP contribution in [0.4, 0.5) is 10.1 Å². The minimum atomic E-state index is -0.399. The second-order valence-corrected chi connectivity index (χ2v) is 6.48. The van der Waals surface area contributed by atoms with Crippen LogP contribution in [0.3, 0.4) is 0 Å². The number of amides is 2. The summed E-state index contributed by atoms with van der Waals surface area (Å²) in [7, 11) is 0. The van der Waals surface area contributed by atoms with E-state index in [0.717, 1.165) is 25.3 Å². The molecule has 136 valence electrons. The molecule has 2 amide bonds. The molecule has 0 aromatic heterocycles. The monoisotopic (exact) mass is 348 g/mol. The maximum atomic E-state index is 13.0. The molecule has 2 fully saturated rings. The standard InChI is InChI=1S/C18H25FN4O2/c1-2-20-7-9-22(10-8-20)17(24)18(25)23-13-11-21(12-14-23)16-5-3-15(19)4-6-16/h3-6H,2,7-14H2,1H3. The first-order valence-corrected chi connectivity index (χ1v) is 8.89. The third-order valence-corrected chi connectivity index (χ3v) is 5.05. The molecule has 0 spiro atoms. The molecule has 7 heteroatoms. The third-order valence-electron chi connectivity index (χ3n) is 5.05. The lowest BCUT2D eigenvalue weighted by atomic mass is 10.2. The van der Waals surface area contributed by atoms with E-state index in [1.165, 1.54) is 12.1 Å². The summed E-state index contributed by atoms with van der Waals surface area (Å²) in [6.45, 7) is 8.28. The van der Waals surface area contributed by atoms with Gasteiger partial charge in [-0.05, 0) is 30.8 Å². The maximum absolute atomic E-state index is 13.0. The number of anilines is 1. The number of piperazine rings is 2. The van der Waals surface area contributed by atoms with Crippen molar-refractivity contribution in [2.24, 2.45) is 0 Å². The molecule has 2 aliphatic rings. The Bertz CT molecular complexity index is 606. The number of carbonyl (C=O) groups is 2. The van der Waals surface area contributed by atoms with Gasteiger partial charge in [-0.25, -0.2) is 4.39 Å². The van der Waals surface area contributed by atoms with Crippen molar-refractivity contribution in [1.82, 2.24) is 14.7 Å². The van der Waals surface area contributed by atoms with Crippen LogP contribution in [0.5, 0.6) is 0 Å². The average Bonchev–Trinajstić information content (AvgIpc) is 2.67. The van der Waals surface area contributed by atoms with Gasteiger partial charge in [-0.15, -0.1) is 0 Å². The molecule has 0 radical (unpaired) electrons. The number of hydrogen-bond acceptors (Lipinski definition) is 4. The SMILES string of the molecule is CCN1CCN(C(=O)C(=O)N2CCN(c3ccc(F)cc3)CC2)CC1. The zero-order valence-electron chi connectivity index (χ0n) is 14.7. The molecule has 2 heterocycles. The van der Waals surface area contributed by atoms with E-state index in [4.69, 9.17) is 0 Å². The molecule has 2 saturated heterocycles. The summed E-state index contributed by atoms with van der Waals surface area (Å²) in [5.74, 6) is -1.04. The van der Waals surface area contributed by atoms with Crippen LogP contribution in [0.1, 0.15) is 6.92 Å². The largest absolute Gasteiger partial charge is 0.368 e. The number of benzene rings is 1. The van der Waals surface area contributed by atoms with Crippen molar-refractivity contribution < 1.29 is 14.0 Å². The van der Waals surface area contributed by atoms with Gasteiger partial charge in [0.2, 0.25) is 0 Å². The van der Waals surface area contributed by atoms with Gasteiger partial charge in [0, 0.05) is 58.0 Å². The van der Waals surface area contributed by atoms with Gasteiger partial charge in [-0.1, -0.05) is 6.92 Å². The van der Waals surface area contributed by atoms with E-state index < -0.39 is 5.91 Å². The Kier molecular flexibility index (Phi) is 5.53. The highest BCUT2D eigenvalue weighted by molar-refractivity contribution is 6.35. The van der Waals surface area contributed by atoms with Crippen LogP contribution in [0.15, 0.2) is 24.3 Å². The number of hydrogen-bond donors (Lipinski definition) is 0. The van der Waals surface area contributed by atoms with Crippen molar-refractivity contribution in [3.63, 3.8) is 0 Å². The second-order valence-electron chi connectivity index (χ2n) is 6.48. The summed E-state index contributed by atoms with van der Waals surface area (Å²) >= 11 is 0. The molecule has 1 aromatic carbocycles. The van der Waals surface area contributed by atoms with E-state index >= 15 is 0 Å². The molecular weight excluding hydrogens is 323 g/mol. The summed E-state index contributed by atoms with van der Waals surface area (Å²) in [6.07, 6.45) is 0. The Morgan fingerprint density at radius 2 is 1.32 bits per heavy atom. The lowest BCUT2D eigenvalue weighted by Crippen LogP contribution is -2.56. The number of halogens is 1. The molecule has 0 unspecified atom stereocenters. The normalized spacial score (nSPS) is 19.2. The topological polar surface area (TPSA) is 47.1 Å². The van der Waals surface area contributed by atoms with Gasteiger partial charge in [0.25, 0.3) is 0 Å². The van der Waals surface area contributed by atoms with E-state index in [-0.39, 0.29) is 11.7 Å². The molecule has 0 aliphatic carbocycles. The molecule has 6 nitrogen and oxygen atoms in total. The van der Waals surface area contributed by atoms with Crippen molar-refractivity contribution in [3.8, 4) is 0 Å².